The molecule has 0 saturated carbocycles. The molecule has 28 heavy (non-hydrogen) atoms. The zero-order valence-electron chi connectivity index (χ0n) is 15.0. The van der Waals surface area contributed by atoms with Crippen LogP contribution < -0.4 is 10.6 Å². The average Bonchev–Trinajstić information content (AvgIpc) is 2.68. The number of halogens is 2. The van der Waals surface area contributed by atoms with Gasteiger partial charge in [0.25, 0.3) is 0 Å². The van der Waals surface area contributed by atoms with Gasteiger partial charge in [-0.1, -0.05) is 11.6 Å². The van der Waals surface area contributed by atoms with E-state index in [0.29, 0.717) is 27.4 Å². The second-order valence-corrected chi connectivity index (χ2v) is 7.19. The van der Waals surface area contributed by atoms with Gasteiger partial charge < -0.3 is 10.6 Å². The molecule has 1 heterocycles. The standard InChI is InChI=1S/C20H14BrClN6/c1-11-7-14(10-24)8-12(2)17(11)26-19-16(21)18(22)27-20(28-19)25-15-5-3-13(9-23)4-6-15/h3-8H,1-2H3,(H2,25,26,27,28). The lowest BCUT2D eigenvalue weighted by molar-refractivity contribution is 1.15. The maximum absolute atomic E-state index is 9.12. The molecule has 0 aliphatic rings. The molecule has 0 radical (unpaired) electrons. The van der Waals surface area contributed by atoms with Gasteiger partial charge in [0.1, 0.15) is 0 Å². The van der Waals surface area contributed by atoms with Gasteiger partial charge >= 0.3 is 0 Å². The maximum Gasteiger partial charge on any atom is 0.230 e. The van der Waals surface area contributed by atoms with Crippen LogP contribution in [0.2, 0.25) is 5.15 Å². The third-order valence-electron chi connectivity index (χ3n) is 3.99. The molecule has 6 nitrogen and oxygen atoms in total. The van der Waals surface area contributed by atoms with E-state index in [1.807, 2.05) is 26.0 Å². The lowest BCUT2D eigenvalue weighted by Gasteiger charge is -2.15. The van der Waals surface area contributed by atoms with E-state index < -0.39 is 0 Å². The van der Waals surface area contributed by atoms with Gasteiger partial charge in [0.05, 0.1) is 27.7 Å². The fourth-order valence-corrected chi connectivity index (χ4v) is 3.11. The number of benzene rings is 2. The maximum atomic E-state index is 9.12. The van der Waals surface area contributed by atoms with Crippen LogP contribution in [0.25, 0.3) is 0 Å². The third kappa shape index (κ3) is 4.23. The summed E-state index contributed by atoms with van der Waals surface area (Å²) in [7, 11) is 0. The highest BCUT2D eigenvalue weighted by Crippen LogP contribution is 2.33. The van der Waals surface area contributed by atoms with Crippen LogP contribution in [0.1, 0.15) is 22.3 Å². The summed E-state index contributed by atoms with van der Waals surface area (Å²) in [6.07, 6.45) is 0. The third-order valence-corrected chi connectivity index (χ3v) is 5.24. The Morgan fingerprint density at radius 3 is 2.11 bits per heavy atom. The highest BCUT2D eigenvalue weighted by molar-refractivity contribution is 9.10. The summed E-state index contributed by atoms with van der Waals surface area (Å²) in [4.78, 5) is 8.73. The molecule has 0 bridgehead atoms. The van der Waals surface area contributed by atoms with Crippen LogP contribution in [0, 0.1) is 36.5 Å². The fraction of sp³-hybridized carbons (Fsp3) is 0.100. The van der Waals surface area contributed by atoms with Crippen LogP contribution in [-0.2, 0) is 0 Å². The highest BCUT2D eigenvalue weighted by atomic mass is 79.9. The van der Waals surface area contributed by atoms with E-state index >= 15 is 0 Å². The summed E-state index contributed by atoms with van der Waals surface area (Å²) in [6.45, 7) is 3.84. The van der Waals surface area contributed by atoms with Gasteiger partial charge in [0.15, 0.2) is 11.0 Å². The Labute approximate surface area is 176 Å². The Hall–Kier alpha value is -3.13. The summed E-state index contributed by atoms with van der Waals surface area (Å²) in [5.41, 5.74) is 4.57. The number of rotatable bonds is 4. The Balaban J connectivity index is 1.94. The van der Waals surface area contributed by atoms with Crippen molar-refractivity contribution >= 4 is 50.7 Å². The van der Waals surface area contributed by atoms with E-state index in [9.17, 15) is 0 Å². The number of aromatic nitrogens is 2. The van der Waals surface area contributed by atoms with Gasteiger partial charge in [0.2, 0.25) is 5.95 Å². The van der Waals surface area contributed by atoms with Crippen LogP contribution in [0.15, 0.2) is 40.9 Å². The van der Waals surface area contributed by atoms with Gasteiger partial charge in [-0.05, 0) is 77.3 Å². The van der Waals surface area contributed by atoms with Gasteiger partial charge in [-0.2, -0.15) is 20.5 Å². The summed E-state index contributed by atoms with van der Waals surface area (Å²) >= 11 is 9.68. The Morgan fingerprint density at radius 2 is 1.54 bits per heavy atom. The van der Waals surface area contributed by atoms with Crippen LogP contribution in [0.4, 0.5) is 23.1 Å². The first kappa shape index (κ1) is 19.6. The van der Waals surface area contributed by atoms with Gasteiger partial charge in [-0.3, -0.25) is 0 Å². The number of nitriles is 2. The smallest absolute Gasteiger partial charge is 0.230 e. The minimum atomic E-state index is 0.248. The zero-order valence-corrected chi connectivity index (χ0v) is 17.4. The molecule has 2 aromatic carbocycles. The first-order valence-corrected chi connectivity index (χ1v) is 9.37. The normalized spacial score (nSPS) is 10.1. The minimum absolute atomic E-state index is 0.248. The first-order valence-electron chi connectivity index (χ1n) is 8.20. The minimum Gasteiger partial charge on any atom is -0.339 e. The number of nitrogens with zero attached hydrogens (tertiary/aromatic N) is 4. The van der Waals surface area contributed by atoms with Crippen molar-refractivity contribution in [3.8, 4) is 12.1 Å². The molecule has 0 amide bonds. The molecule has 0 fully saturated rings. The lowest BCUT2D eigenvalue weighted by atomic mass is 10.0. The Bertz CT molecular complexity index is 1110. The van der Waals surface area contributed by atoms with Crippen molar-refractivity contribution < 1.29 is 0 Å². The zero-order chi connectivity index (χ0) is 20.3. The van der Waals surface area contributed by atoms with E-state index in [4.69, 9.17) is 22.1 Å². The number of anilines is 4. The van der Waals surface area contributed by atoms with Crippen molar-refractivity contribution in [3.63, 3.8) is 0 Å². The Morgan fingerprint density at radius 1 is 0.929 bits per heavy atom. The number of nitrogens with one attached hydrogen (secondary N) is 2. The molecule has 3 rings (SSSR count). The van der Waals surface area contributed by atoms with Crippen molar-refractivity contribution in [2.24, 2.45) is 0 Å². The van der Waals surface area contributed by atoms with Crippen molar-refractivity contribution in [2.45, 2.75) is 13.8 Å². The van der Waals surface area contributed by atoms with Crippen LogP contribution in [-0.4, -0.2) is 9.97 Å². The molecule has 0 saturated heterocycles. The van der Waals surface area contributed by atoms with E-state index in [0.717, 1.165) is 22.5 Å². The molecular weight excluding hydrogens is 440 g/mol. The summed E-state index contributed by atoms with van der Waals surface area (Å²) in [6, 6.07) is 14.8. The van der Waals surface area contributed by atoms with E-state index in [1.54, 1.807) is 24.3 Å². The Kier molecular flexibility index (Phi) is 5.79. The summed E-state index contributed by atoms with van der Waals surface area (Å²) in [5.74, 6) is 0.802. The second kappa shape index (κ2) is 8.26. The van der Waals surface area contributed by atoms with Crippen LogP contribution in [0.3, 0.4) is 0 Å². The molecule has 0 aliphatic heterocycles. The van der Waals surface area contributed by atoms with Gasteiger partial charge in [-0.25, -0.2) is 0 Å². The van der Waals surface area contributed by atoms with E-state index in [2.05, 4.69) is 48.7 Å². The largest absolute Gasteiger partial charge is 0.339 e. The van der Waals surface area contributed by atoms with Crippen molar-refractivity contribution in [3.05, 3.63) is 68.3 Å². The van der Waals surface area contributed by atoms with Crippen LogP contribution >= 0.6 is 27.5 Å². The molecular formula is C20H14BrClN6. The quantitative estimate of drug-likeness (QED) is 0.489. The molecule has 3 aromatic rings. The molecule has 0 spiro atoms. The second-order valence-electron chi connectivity index (χ2n) is 6.04. The van der Waals surface area contributed by atoms with E-state index in [1.165, 1.54) is 0 Å². The van der Waals surface area contributed by atoms with Crippen molar-refractivity contribution in [2.75, 3.05) is 10.6 Å². The molecule has 0 unspecified atom stereocenters. The van der Waals surface area contributed by atoms with Gasteiger partial charge in [0, 0.05) is 11.4 Å². The highest BCUT2D eigenvalue weighted by Gasteiger charge is 2.14. The molecule has 2 N–H and O–H groups in total. The topological polar surface area (TPSA) is 97.4 Å². The first-order chi connectivity index (χ1) is 13.4. The summed E-state index contributed by atoms with van der Waals surface area (Å²) in [5, 5.41) is 24.6. The number of aryl methyl sites for hydroxylation is 2. The summed E-state index contributed by atoms with van der Waals surface area (Å²) < 4.78 is 0.530. The predicted octanol–water partition coefficient (Wildman–Crippen LogP) is 5.74. The van der Waals surface area contributed by atoms with Gasteiger partial charge in [-0.15, -0.1) is 0 Å². The molecule has 138 valence electrons. The lowest BCUT2D eigenvalue weighted by Crippen LogP contribution is -2.04. The molecule has 0 atom stereocenters. The van der Waals surface area contributed by atoms with Crippen molar-refractivity contribution in [1.82, 2.24) is 9.97 Å². The van der Waals surface area contributed by atoms with E-state index in [-0.39, 0.29) is 5.15 Å². The number of hydrogen-bond donors (Lipinski definition) is 2. The predicted molar refractivity (Wildman–Crippen MR) is 113 cm³/mol. The monoisotopic (exact) mass is 452 g/mol. The molecule has 0 aliphatic carbocycles. The number of hydrogen-bond acceptors (Lipinski definition) is 6. The molecule has 1 aromatic heterocycles. The SMILES string of the molecule is Cc1cc(C#N)cc(C)c1Nc1nc(Nc2ccc(C#N)cc2)nc(Cl)c1Br. The van der Waals surface area contributed by atoms with Crippen molar-refractivity contribution in [1.29, 1.82) is 10.5 Å². The fourth-order valence-electron chi connectivity index (χ4n) is 2.66. The van der Waals surface area contributed by atoms with Crippen LogP contribution in [0.5, 0.6) is 0 Å². The molecule has 8 heteroatoms. The average molecular weight is 454 g/mol.